The molecule has 0 aliphatic carbocycles. The largest absolute Gasteiger partial charge is 0.492 e. The highest BCUT2D eigenvalue weighted by Crippen LogP contribution is 2.29. The van der Waals surface area contributed by atoms with E-state index < -0.39 is 6.10 Å². The summed E-state index contributed by atoms with van der Waals surface area (Å²) in [7, 11) is 4.11. The first-order valence-corrected chi connectivity index (χ1v) is 10.5. The second-order valence-corrected chi connectivity index (χ2v) is 8.19. The van der Waals surface area contributed by atoms with Crippen LogP contribution < -0.4 is 9.64 Å². The Kier molecular flexibility index (Phi) is 6.36. The van der Waals surface area contributed by atoms with Crippen LogP contribution in [0, 0.1) is 0 Å². The molecule has 0 spiro atoms. The Morgan fingerprint density at radius 1 is 0.967 bits per heavy atom. The van der Waals surface area contributed by atoms with Gasteiger partial charge in [-0.1, -0.05) is 48.5 Å². The van der Waals surface area contributed by atoms with Gasteiger partial charge in [0, 0.05) is 51.4 Å². The van der Waals surface area contributed by atoms with Gasteiger partial charge in [-0.25, -0.2) is 0 Å². The molecular formula is C26H30N2O2. The third-order valence-electron chi connectivity index (χ3n) is 5.66. The number of ether oxygens (including phenoxy) is 1. The molecular weight excluding hydrogens is 372 g/mol. The van der Waals surface area contributed by atoms with E-state index >= 15 is 0 Å². The van der Waals surface area contributed by atoms with Crippen molar-refractivity contribution in [2.24, 2.45) is 0 Å². The minimum atomic E-state index is -0.520. The van der Waals surface area contributed by atoms with E-state index in [-0.39, 0.29) is 0 Å². The maximum Gasteiger partial charge on any atom is 0.123 e. The van der Waals surface area contributed by atoms with Gasteiger partial charge >= 0.3 is 0 Å². The van der Waals surface area contributed by atoms with Gasteiger partial charge in [-0.15, -0.1) is 0 Å². The predicted octanol–water partition coefficient (Wildman–Crippen LogP) is 4.42. The fourth-order valence-corrected chi connectivity index (χ4v) is 3.92. The van der Waals surface area contributed by atoms with E-state index in [1.807, 2.05) is 30.3 Å². The van der Waals surface area contributed by atoms with Gasteiger partial charge in [-0.3, -0.25) is 4.90 Å². The van der Waals surface area contributed by atoms with Crippen LogP contribution in [0.25, 0.3) is 0 Å². The summed E-state index contributed by atoms with van der Waals surface area (Å²) in [6.07, 6.45) is 0.0931. The molecule has 0 saturated carbocycles. The van der Waals surface area contributed by atoms with Crippen LogP contribution >= 0.6 is 0 Å². The summed E-state index contributed by atoms with van der Waals surface area (Å²) in [5.41, 5.74) is 5.73. The highest BCUT2D eigenvalue weighted by Gasteiger charge is 2.18. The molecule has 1 N–H and O–H groups in total. The van der Waals surface area contributed by atoms with Crippen LogP contribution in [0.15, 0.2) is 72.8 Å². The molecule has 156 valence electrons. The number of hydrogen-bond acceptors (Lipinski definition) is 4. The molecule has 0 saturated heterocycles. The van der Waals surface area contributed by atoms with Gasteiger partial charge in [-0.2, -0.15) is 0 Å². The average molecular weight is 403 g/mol. The average Bonchev–Trinajstić information content (AvgIpc) is 2.96. The number of anilines is 1. The summed E-state index contributed by atoms with van der Waals surface area (Å²) in [6.45, 7) is 3.25. The lowest BCUT2D eigenvalue weighted by atomic mass is 9.99. The zero-order valence-corrected chi connectivity index (χ0v) is 17.8. The van der Waals surface area contributed by atoms with Gasteiger partial charge in [0.2, 0.25) is 0 Å². The normalized spacial score (nSPS) is 15.0. The smallest absolute Gasteiger partial charge is 0.123 e. The Labute approximate surface area is 179 Å². The van der Waals surface area contributed by atoms with E-state index in [2.05, 4.69) is 66.4 Å². The van der Waals surface area contributed by atoms with Crippen LogP contribution in [-0.2, 0) is 19.5 Å². The standard InChI is InChI=1S/C26H30N2O2/c1-27(2)24-11-8-21(9-12-24)18-28-14-15-30-26-13-10-22(17-23(26)19-28)25(29)16-20-6-4-3-5-7-20/h3-13,17,25,29H,14-16,18-19H2,1-2H3. The van der Waals surface area contributed by atoms with E-state index in [4.69, 9.17) is 4.74 Å². The number of rotatable bonds is 6. The van der Waals surface area contributed by atoms with E-state index in [9.17, 15) is 5.11 Å². The molecule has 0 bridgehead atoms. The molecule has 4 nitrogen and oxygen atoms in total. The molecule has 0 amide bonds. The fraction of sp³-hybridized carbons (Fsp3) is 0.308. The third kappa shape index (κ3) is 5.02. The Hall–Kier alpha value is -2.82. The summed E-state index contributed by atoms with van der Waals surface area (Å²) in [5.74, 6) is 0.927. The monoisotopic (exact) mass is 402 g/mol. The second-order valence-electron chi connectivity index (χ2n) is 8.19. The summed E-state index contributed by atoms with van der Waals surface area (Å²) in [4.78, 5) is 4.52. The number of hydrogen-bond donors (Lipinski definition) is 1. The first-order chi connectivity index (χ1) is 14.6. The molecule has 1 atom stereocenters. The summed E-state index contributed by atoms with van der Waals surface area (Å²) in [6, 6.07) is 24.9. The van der Waals surface area contributed by atoms with Crippen molar-refractivity contribution in [3.05, 3.63) is 95.1 Å². The van der Waals surface area contributed by atoms with Crippen LogP contribution in [0.5, 0.6) is 5.75 Å². The molecule has 30 heavy (non-hydrogen) atoms. The van der Waals surface area contributed by atoms with Gasteiger partial charge in [-0.05, 0) is 41.0 Å². The van der Waals surface area contributed by atoms with Crippen molar-refractivity contribution in [1.29, 1.82) is 0 Å². The van der Waals surface area contributed by atoms with Crippen molar-refractivity contribution in [3.8, 4) is 5.75 Å². The van der Waals surface area contributed by atoms with Gasteiger partial charge in [0.15, 0.2) is 0 Å². The van der Waals surface area contributed by atoms with Crippen molar-refractivity contribution in [3.63, 3.8) is 0 Å². The van der Waals surface area contributed by atoms with Crippen molar-refractivity contribution in [1.82, 2.24) is 4.90 Å². The van der Waals surface area contributed by atoms with Crippen LogP contribution in [0.3, 0.4) is 0 Å². The third-order valence-corrected chi connectivity index (χ3v) is 5.66. The zero-order chi connectivity index (χ0) is 20.9. The lowest BCUT2D eigenvalue weighted by Crippen LogP contribution is -2.25. The van der Waals surface area contributed by atoms with Crippen molar-refractivity contribution in [2.45, 2.75) is 25.6 Å². The summed E-state index contributed by atoms with van der Waals surface area (Å²) < 4.78 is 5.99. The molecule has 1 aliphatic heterocycles. The summed E-state index contributed by atoms with van der Waals surface area (Å²) >= 11 is 0. The van der Waals surface area contributed by atoms with Crippen molar-refractivity contribution >= 4 is 5.69 Å². The zero-order valence-electron chi connectivity index (χ0n) is 17.8. The fourth-order valence-electron chi connectivity index (χ4n) is 3.92. The van der Waals surface area contributed by atoms with E-state index in [1.165, 1.54) is 11.3 Å². The highest BCUT2D eigenvalue weighted by molar-refractivity contribution is 5.46. The van der Waals surface area contributed by atoms with Crippen molar-refractivity contribution in [2.75, 3.05) is 32.1 Å². The number of nitrogens with zero attached hydrogens (tertiary/aromatic N) is 2. The van der Waals surface area contributed by atoms with Gasteiger partial charge in [0.1, 0.15) is 12.4 Å². The predicted molar refractivity (Wildman–Crippen MR) is 122 cm³/mol. The number of fused-ring (bicyclic) bond motifs is 1. The lowest BCUT2D eigenvalue weighted by molar-refractivity contribution is 0.178. The van der Waals surface area contributed by atoms with Gasteiger partial charge in [0.25, 0.3) is 0 Å². The molecule has 0 aromatic heterocycles. The Morgan fingerprint density at radius 2 is 1.73 bits per heavy atom. The van der Waals surface area contributed by atoms with E-state index in [0.717, 1.165) is 42.1 Å². The molecule has 0 radical (unpaired) electrons. The maximum absolute atomic E-state index is 10.8. The molecule has 3 aromatic carbocycles. The first kappa shape index (κ1) is 20.5. The first-order valence-electron chi connectivity index (χ1n) is 10.5. The second kappa shape index (κ2) is 9.33. The molecule has 4 rings (SSSR count). The quantitative estimate of drug-likeness (QED) is 0.662. The van der Waals surface area contributed by atoms with Crippen LogP contribution in [-0.4, -0.2) is 37.3 Å². The minimum Gasteiger partial charge on any atom is -0.492 e. The lowest BCUT2D eigenvalue weighted by Gasteiger charge is -2.21. The highest BCUT2D eigenvalue weighted by atomic mass is 16.5. The molecule has 3 aromatic rings. The number of aliphatic hydroxyl groups is 1. The Morgan fingerprint density at radius 3 is 2.47 bits per heavy atom. The van der Waals surface area contributed by atoms with E-state index in [0.29, 0.717) is 13.0 Å². The Balaban J connectivity index is 1.47. The molecule has 1 unspecified atom stereocenters. The molecule has 0 fully saturated rings. The van der Waals surface area contributed by atoms with Gasteiger partial charge in [0.05, 0.1) is 6.10 Å². The maximum atomic E-state index is 10.8. The molecule has 4 heteroatoms. The summed E-state index contributed by atoms with van der Waals surface area (Å²) in [5, 5.41) is 10.8. The van der Waals surface area contributed by atoms with Crippen molar-refractivity contribution < 1.29 is 9.84 Å². The van der Waals surface area contributed by atoms with Crippen LogP contribution in [0.1, 0.15) is 28.4 Å². The Bertz CT molecular complexity index is 955. The SMILES string of the molecule is CN(C)c1ccc(CN2CCOc3ccc(C(O)Cc4ccccc4)cc3C2)cc1. The number of benzene rings is 3. The van der Waals surface area contributed by atoms with Crippen LogP contribution in [0.2, 0.25) is 0 Å². The topological polar surface area (TPSA) is 35.9 Å². The molecule has 1 heterocycles. The molecule has 1 aliphatic rings. The van der Waals surface area contributed by atoms with Crippen LogP contribution in [0.4, 0.5) is 5.69 Å². The minimum absolute atomic E-state index is 0.520. The van der Waals surface area contributed by atoms with E-state index in [1.54, 1.807) is 0 Å². The number of aliphatic hydroxyl groups excluding tert-OH is 1. The van der Waals surface area contributed by atoms with Gasteiger partial charge < -0.3 is 14.7 Å².